The summed E-state index contributed by atoms with van der Waals surface area (Å²) in [6, 6.07) is 12.9. The van der Waals surface area contributed by atoms with E-state index in [2.05, 4.69) is 0 Å². The van der Waals surface area contributed by atoms with E-state index >= 15 is 0 Å². The van der Waals surface area contributed by atoms with Gasteiger partial charge in [-0.15, -0.1) is 0 Å². The van der Waals surface area contributed by atoms with Crippen molar-refractivity contribution in [3.8, 4) is 11.1 Å². The van der Waals surface area contributed by atoms with Gasteiger partial charge in [0, 0.05) is 22.5 Å². The maximum atomic E-state index is 11.3. The van der Waals surface area contributed by atoms with Gasteiger partial charge in [-0.05, 0) is 30.7 Å². The van der Waals surface area contributed by atoms with Crippen LogP contribution in [0.2, 0.25) is 0 Å². The van der Waals surface area contributed by atoms with Crippen LogP contribution in [-0.4, -0.2) is 5.78 Å². The number of anilines is 2. The summed E-state index contributed by atoms with van der Waals surface area (Å²) >= 11 is 0. The third kappa shape index (κ3) is 2.13. The first-order chi connectivity index (χ1) is 8.09. The molecule has 0 aliphatic carbocycles. The molecule has 2 rings (SSSR count). The van der Waals surface area contributed by atoms with Gasteiger partial charge < -0.3 is 11.5 Å². The van der Waals surface area contributed by atoms with E-state index < -0.39 is 0 Å². The van der Waals surface area contributed by atoms with Crippen molar-refractivity contribution in [3.05, 3.63) is 48.0 Å². The number of hydrogen-bond acceptors (Lipinski definition) is 3. The fraction of sp³-hybridized carbons (Fsp3) is 0.0714. The molecule has 0 aromatic heterocycles. The highest BCUT2D eigenvalue weighted by molar-refractivity contribution is 6.00. The summed E-state index contributed by atoms with van der Waals surface area (Å²) in [4.78, 5) is 11.3. The number of ketones is 1. The molecule has 0 atom stereocenters. The van der Waals surface area contributed by atoms with E-state index in [1.54, 1.807) is 12.1 Å². The molecule has 0 bridgehead atoms. The normalized spacial score (nSPS) is 10.2. The van der Waals surface area contributed by atoms with Crippen molar-refractivity contribution in [2.45, 2.75) is 6.92 Å². The quantitative estimate of drug-likeness (QED) is 0.611. The summed E-state index contributed by atoms with van der Waals surface area (Å²) < 4.78 is 0. The first-order valence-electron chi connectivity index (χ1n) is 5.35. The predicted molar refractivity (Wildman–Crippen MR) is 70.7 cm³/mol. The Morgan fingerprint density at radius 2 is 1.71 bits per heavy atom. The molecule has 0 fully saturated rings. The lowest BCUT2D eigenvalue weighted by atomic mass is 10.00. The van der Waals surface area contributed by atoms with Gasteiger partial charge in [0.1, 0.15) is 0 Å². The van der Waals surface area contributed by atoms with Crippen molar-refractivity contribution in [2.75, 3.05) is 11.5 Å². The molecule has 0 radical (unpaired) electrons. The van der Waals surface area contributed by atoms with Crippen molar-refractivity contribution in [1.29, 1.82) is 0 Å². The minimum atomic E-state index is -0.0323. The monoisotopic (exact) mass is 226 g/mol. The molecule has 0 aliphatic rings. The zero-order valence-electron chi connectivity index (χ0n) is 9.60. The highest BCUT2D eigenvalue weighted by atomic mass is 16.1. The smallest absolute Gasteiger partial charge is 0.161 e. The van der Waals surface area contributed by atoms with Crippen LogP contribution in [0.4, 0.5) is 11.4 Å². The van der Waals surface area contributed by atoms with Crippen LogP contribution >= 0.6 is 0 Å². The minimum Gasteiger partial charge on any atom is -0.398 e. The molecule has 0 saturated heterocycles. The number of carbonyl (C=O) groups excluding carboxylic acids is 1. The first-order valence-corrected chi connectivity index (χ1v) is 5.35. The second kappa shape index (κ2) is 4.29. The lowest BCUT2D eigenvalue weighted by Crippen LogP contribution is -2.00. The summed E-state index contributed by atoms with van der Waals surface area (Å²) in [5, 5.41) is 0. The van der Waals surface area contributed by atoms with E-state index in [4.69, 9.17) is 11.5 Å². The summed E-state index contributed by atoms with van der Waals surface area (Å²) in [6.45, 7) is 1.50. The Hall–Kier alpha value is -2.29. The van der Waals surface area contributed by atoms with Gasteiger partial charge >= 0.3 is 0 Å². The van der Waals surface area contributed by atoms with Gasteiger partial charge in [-0.2, -0.15) is 0 Å². The molecule has 2 aromatic carbocycles. The Morgan fingerprint density at radius 3 is 2.29 bits per heavy atom. The van der Waals surface area contributed by atoms with Crippen molar-refractivity contribution in [3.63, 3.8) is 0 Å². The van der Waals surface area contributed by atoms with Crippen molar-refractivity contribution in [2.24, 2.45) is 0 Å². The van der Waals surface area contributed by atoms with Crippen LogP contribution in [0.5, 0.6) is 0 Å². The molecule has 0 unspecified atom stereocenters. The van der Waals surface area contributed by atoms with Gasteiger partial charge in [-0.3, -0.25) is 4.79 Å². The molecular weight excluding hydrogens is 212 g/mol. The average Bonchev–Trinajstić information content (AvgIpc) is 2.29. The Labute approximate surface area is 100 Å². The van der Waals surface area contributed by atoms with Gasteiger partial charge in [-0.1, -0.05) is 24.3 Å². The SMILES string of the molecule is CC(=O)c1ccc(-c2ccccc2N)cc1N. The summed E-state index contributed by atoms with van der Waals surface area (Å²) in [5.74, 6) is -0.0323. The predicted octanol–water partition coefficient (Wildman–Crippen LogP) is 2.72. The lowest BCUT2D eigenvalue weighted by Gasteiger charge is -2.08. The van der Waals surface area contributed by atoms with E-state index in [1.807, 2.05) is 30.3 Å². The fourth-order valence-electron chi connectivity index (χ4n) is 1.81. The Kier molecular flexibility index (Phi) is 2.83. The Bertz CT molecular complexity index is 576. The molecule has 17 heavy (non-hydrogen) atoms. The molecule has 2 aromatic rings. The van der Waals surface area contributed by atoms with E-state index in [-0.39, 0.29) is 5.78 Å². The minimum absolute atomic E-state index is 0.0323. The molecule has 0 aliphatic heterocycles. The molecular formula is C14H14N2O. The highest BCUT2D eigenvalue weighted by Gasteiger charge is 2.07. The number of para-hydroxylation sites is 1. The van der Waals surface area contributed by atoms with Gasteiger partial charge in [0.25, 0.3) is 0 Å². The second-order valence-corrected chi connectivity index (χ2v) is 3.95. The zero-order valence-corrected chi connectivity index (χ0v) is 9.60. The standard InChI is InChI=1S/C14H14N2O/c1-9(17)11-7-6-10(8-14(11)16)12-4-2-3-5-13(12)15/h2-8H,15-16H2,1H3. The third-order valence-electron chi connectivity index (χ3n) is 2.70. The van der Waals surface area contributed by atoms with Crippen LogP contribution in [-0.2, 0) is 0 Å². The van der Waals surface area contributed by atoms with Gasteiger partial charge in [-0.25, -0.2) is 0 Å². The molecule has 3 nitrogen and oxygen atoms in total. The molecule has 0 heterocycles. The first kappa shape index (κ1) is 11.2. The molecule has 0 saturated carbocycles. The zero-order chi connectivity index (χ0) is 12.4. The van der Waals surface area contributed by atoms with E-state index in [0.717, 1.165) is 11.1 Å². The van der Waals surface area contributed by atoms with Crippen LogP contribution in [0.1, 0.15) is 17.3 Å². The topological polar surface area (TPSA) is 69.1 Å². The highest BCUT2D eigenvalue weighted by Crippen LogP contribution is 2.28. The van der Waals surface area contributed by atoms with Crippen LogP contribution in [0.3, 0.4) is 0 Å². The van der Waals surface area contributed by atoms with Crippen LogP contribution in [0, 0.1) is 0 Å². The van der Waals surface area contributed by atoms with Gasteiger partial charge in [0.15, 0.2) is 5.78 Å². The third-order valence-corrected chi connectivity index (χ3v) is 2.70. The average molecular weight is 226 g/mol. The van der Waals surface area contributed by atoms with Gasteiger partial charge in [0.2, 0.25) is 0 Å². The lowest BCUT2D eigenvalue weighted by molar-refractivity contribution is 0.101. The van der Waals surface area contributed by atoms with Gasteiger partial charge in [0.05, 0.1) is 0 Å². The Balaban J connectivity index is 2.52. The summed E-state index contributed by atoms with van der Waals surface area (Å²) in [6.07, 6.45) is 0. The number of Topliss-reactive ketones (excluding diaryl/α,β-unsaturated/α-hetero) is 1. The molecule has 86 valence electrons. The van der Waals surface area contributed by atoms with E-state index in [1.165, 1.54) is 6.92 Å². The number of benzene rings is 2. The molecule has 4 N–H and O–H groups in total. The number of rotatable bonds is 2. The summed E-state index contributed by atoms with van der Waals surface area (Å²) in [5.41, 5.74) is 15.3. The van der Waals surface area contributed by atoms with Crippen LogP contribution in [0.25, 0.3) is 11.1 Å². The maximum absolute atomic E-state index is 11.3. The maximum Gasteiger partial charge on any atom is 0.161 e. The van der Waals surface area contributed by atoms with Crippen molar-refractivity contribution < 1.29 is 4.79 Å². The molecule has 0 amide bonds. The number of hydrogen-bond donors (Lipinski definition) is 2. The van der Waals surface area contributed by atoms with E-state index in [0.29, 0.717) is 16.9 Å². The fourth-order valence-corrected chi connectivity index (χ4v) is 1.81. The number of carbonyl (C=O) groups is 1. The second-order valence-electron chi connectivity index (χ2n) is 3.95. The van der Waals surface area contributed by atoms with E-state index in [9.17, 15) is 4.79 Å². The number of nitrogens with two attached hydrogens (primary N) is 2. The van der Waals surface area contributed by atoms with Crippen molar-refractivity contribution >= 4 is 17.2 Å². The van der Waals surface area contributed by atoms with Crippen LogP contribution in [0.15, 0.2) is 42.5 Å². The largest absolute Gasteiger partial charge is 0.398 e. The Morgan fingerprint density at radius 1 is 1.00 bits per heavy atom. The van der Waals surface area contributed by atoms with Crippen LogP contribution < -0.4 is 11.5 Å². The van der Waals surface area contributed by atoms with Crippen molar-refractivity contribution in [1.82, 2.24) is 0 Å². The molecule has 3 heteroatoms. The summed E-state index contributed by atoms with van der Waals surface area (Å²) in [7, 11) is 0. The number of nitrogen functional groups attached to an aromatic ring is 2. The molecule has 0 spiro atoms.